The predicted molar refractivity (Wildman–Crippen MR) is 115 cm³/mol. The third-order valence-electron chi connectivity index (χ3n) is 5.31. The number of benzene rings is 2. The molecule has 4 rings (SSSR count). The number of imide groups is 1. The van der Waals surface area contributed by atoms with Crippen LogP contribution in [0.15, 0.2) is 65.6 Å². The largest absolute Gasteiger partial charge is 0.325 e. The van der Waals surface area contributed by atoms with Gasteiger partial charge in [0.1, 0.15) is 0 Å². The summed E-state index contributed by atoms with van der Waals surface area (Å²) in [7, 11) is 0. The summed E-state index contributed by atoms with van der Waals surface area (Å²) >= 11 is 1.41. The maximum absolute atomic E-state index is 12.7. The van der Waals surface area contributed by atoms with Crippen molar-refractivity contribution >= 4 is 40.9 Å². The number of aryl methyl sites for hydroxylation is 1. The molecule has 5 nitrogen and oxygen atoms in total. The topological polar surface area (TPSA) is 66.5 Å². The molecular formula is C23H22N2O3S. The van der Waals surface area contributed by atoms with E-state index in [1.165, 1.54) is 16.7 Å². The first-order valence-corrected chi connectivity index (χ1v) is 10.6. The summed E-state index contributed by atoms with van der Waals surface area (Å²) in [6.07, 6.45) is 5.24. The lowest BCUT2D eigenvalue weighted by atomic mass is 9.85. The molecule has 1 aliphatic carbocycles. The Bertz CT molecular complexity index is 941. The van der Waals surface area contributed by atoms with Crippen molar-refractivity contribution in [2.45, 2.75) is 24.7 Å². The highest BCUT2D eigenvalue weighted by Crippen LogP contribution is 2.38. The Morgan fingerprint density at radius 1 is 0.966 bits per heavy atom. The first-order valence-electron chi connectivity index (χ1n) is 9.65. The first kappa shape index (κ1) is 19.5. The van der Waals surface area contributed by atoms with Crippen molar-refractivity contribution < 1.29 is 14.4 Å². The average molecular weight is 407 g/mol. The van der Waals surface area contributed by atoms with E-state index < -0.39 is 0 Å². The summed E-state index contributed by atoms with van der Waals surface area (Å²) in [6, 6.07) is 14.9. The number of nitrogens with one attached hydrogen (secondary N) is 1. The molecule has 1 heterocycles. The van der Waals surface area contributed by atoms with E-state index in [1.54, 1.807) is 12.1 Å². The number of amides is 3. The highest BCUT2D eigenvalue weighted by atomic mass is 32.2. The van der Waals surface area contributed by atoms with Crippen LogP contribution in [0.3, 0.4) is 0 Å². The van der Waals surface area contributed by atoms with Crippen LogP contribution in [0.25, 0.3) is 0 Å². The SMILES string of the molecule is Cc1ccc(NC(=O)CSc2ccc(N3C(=O)[C@H]4CC=CC[C@H]4C3=O)cc2)cc1. The molecule has 0 bridgehead atoms. The van der Waals surface area contributed by atoms with Crippen LogP contribution in [0, 0.1) is 18.8 Å². The van der Waals surface area contributed by atoms with Gasteiger partial charge in [-0.2, -0.15) is 0 Å². The Labute approximate surface area is 174 Å². The minimum Gasteiger partial charge on any atom is -0.325 e. The molecule has 1 N–H and O–H groups in total. The third-order valence-corrected chi connectivity index (χ3v) is 6.32. The Kier molecular flexibility index (Phi) is 5.53. The summed E-state index contributed by atoms with van der Waals surface area (Å²) in [5.74, 6) is -0.474. The highest BCUT2D eigenvalue weighted by Gasteiger charge is 2.47. The molecule has 1 saturated heterocycles. The van der Waals surface area contributed by atoms with Crippen molar-refractivity contribution in [3.05, 3.63) is 66.2 Å². The van der Waals surface area contributed by atoms with Crippen LogP contribution in [-0.2, 0) is 14.4 Å². The van der Waals surface area contributed by atoms with Crippen molar-refractivity contribution in [3.8, 4) is 0 Å². The Balaban J connectivity index is 1.36. The van der Waals surface area contributed by atoms with Crippen LogP contribution in [0.5, 0.6) is 0 Å². The van der Waals surface area contributed by atoms with Gasteiger partial charge in [-0.3, -0.25) is 19.3 Å². The molecule has 2 aliphatic rings. The third kappa shape index (κ3) is 4.12. The number of anilines is 2. The van der Waals surface area contributed by atoms with E-state index in [4.69, 9.17) is 0 Å². The smallest absolute Gasteiger partial charge is 0.238 e. The standard InChI is InChI=1S/C23H22N2O3S/c1-15-6-8-16(9-7-15)24-21(26)14-29-18-12-10-17(11-13-18)25-22(27)19-4-2-3-5-20(19)23(25)28/h2-3,6-13,19-20H,4-5,14H2,1H3,(H,24,26)/t19-,20+. The van der Waals surface area contributed by atoms with Gasteiger partial charge in [0.25, 0.3) is 0 Å². The second kappa shape index (κ2) is 8.25. The maximum atomic E-state index is 12.7. The molecule has 148 valence electrons. The summed E-state index contributed by atoms with van der Waals surface area (Å²) in [4.78, 5) is 39.7. The van der Waals surface area contributed by atoms with Gasteiger partial charge < -0.3 is 5.32 Å². The van der Waals surface area contributed by atoms with Crippen LogP contribution >= 0.6 is 11.8 Å². The predicted octanol–water partition coefficient (Wildman–Crippen LogP) is 4.18. The fourth-order valence-corrected chi connectivity index (χ4v) is 4.43. The minimum absolute atomic E-state index is 0.0793. The van der Waals surface area contributed by atoms with Crippen LogP contribution in [0.4, 0.5) is 11.4 Å². The zero-order valence-corrected chi connectivity index (χ0v) is 16.9. The molecule has 2 aromatic carbocycles. The lowest BCUT2D eigenvalue weighted by Crippen LogP contribution is -2.30. The van der Waals surface area contributed by atoms with E-state index in [0.29, 0.717) is 18.5 Å². The second-order valence-corrected chi connectivity index (χ2v) is 8.41. The molecule has 1 fully saturated rings. The van der Waals surface area contributed by atoms with E-state index in [9.17, 15) is 14.4 Å². The number of thioether (sulfide) groups is 1. The van der Waals surface area contributed by atoms with Gasteiger partial charge >= 0.3 is 0 Å². The normalized spacial score (nSPS) is 20.7. The summed E-state index contributed by atoms with van der Waals surface area (Å²) in [5.41, 5.74) is 2.52. The number of nitrogens with zero attached hydrogens (tertiary/aromatic N) is 1. The molecule has 0 saturated carbocycles. The number of hydrogen-bond donors (Lipinski definition) is 1. The number of hydrogen-bond acceptors (Lipinski definition) is 4. The van der Waals surface area contributed by atoms with E-state index in [1.807, 2.05) is 55.5 Å². The lowest BCUT2D eigenvalue weighted by molar-refractivity contribution is -0.122. The van der Waals surface area contributed by atoms with Crippen LogP contribution in [0.1, 0.15) is 18.4 Å². The molecule has 2 aromatic rings. The van der Waals surface area contributed by atoms with Gasteiger partial charge in [0.15, 0.2) is 0 Å². The van der Waals surface area contributed by atoms with Crippen molar-refractivity contribution in [2.75, 3.05) is 16.0 Å². The summed E-state index contributed by atoms with van der Waals surface area (Å²) in [5, 5.41) is 2.87. The molecule has 0 unspecified atom stereocenters. The van der Waals surface area contributed by atoms with Crippen molar-refractivity contribution in [2.24, 2.45) is 11.8 Å². The number of fused-ring (bicyclic) bond motifs is 1. The molecule has 29 heavy (non-hydrogen) atoms. The van der Waals surface area contributed by atoms with Crippen LogP contribution < -0.4 is 10.2 Å². The first-order chi connectivity index (χ1) is 14.0. The van der Waals surface area contributed by atoms with Gasteiger partial charge in [-0.1, -0.05) is 29.8 Å². The fraction of sp³-hybridized carbons (Fsp3) is 0.261. The Hall–Kier alpha value is -2.86. The van der Waals surface area contributed by atoms with Gasteiger partial charge in [0.2, 0.25) is 17.7 Å². The molecule has 6 heteroatoms. The average Bonchev–Trinajstić information content (AvgIpc) is 2.99. The minimum atomic E-state index is -0.230. The molecule has 3 amide bonds. The van der Waals surface area contributed by atoms with E-state index >= 15 is 0 Å². The molecule has 1 aliphatic heterocycles. The number of rotatable bonds is 5. The molecule has 2 atom stereocenters. The van der Waals surface area contributed by atoms with E-state index in [2.05, 4.69) is 5.32 Å². The van der Waals surface area contributed by atoms with Crippen LogP contribution in [0.2, 0.25) is 0 Å². The van der Waals surface area contributed by atoms with Crippen molar-refractivity contribution in [1.29, 1.82) is 0 Å². The molecule has 0 spiro atoms. The Morgan fingerprint density at radius 3 is 2.14 bits per heavy atom. The zero-order chi connectivity index (χ0) is 20.4. The van der Waals surface area contributed by atoms with Crippen molar-refractivity contribution in [1.82, 2.24) is 0 Å². The Morgan fingerprint density at radius 2 is 1.55 bits per heavy atom. The van der Waals surface area contributed by atoms with Crippen molar-refractivity contribution in [3.63, 3.8) is 0 Å². The van der Waals surface area contributed by atoms with Crippen LogP contribution in [-0.4, -0.2) is 23.5 Å². The quantitative estimate of drug-likeness (QED) is 0.460. The lowest BCUT2D eigenvalue weighted by Gasteiger charge is -2.15. The van der Waals surface area contributed by atoms with E-state index in [0.717, 1.165) is 16.1 Å². The van der Waals surface area contributed by atoms with E-state index in [-0.39, 0.29) is 35.3 Å². The highest BCUT2D eigenvalue weighted by molar-refractivity contribution is 8.00. The van der Waals surface area contributed by atoms with Gasteiger partial charge in [0.05, 0.1) is 23.3 Å². The second-order valence-electron chi connectivity index (χ2n) is 7.36. The number of carbonyl (C=O) groups is 3. The molecule has 0 radical (unpaired) electrons. The summed E-state index contributed by atoms with van der Waals surface area (Å²) < 4.78 is 0. The zero-order valence-electron chi connectivity index (χ0n) is 16.1. The monoisotopic (exact) mass is 406 g/mol. The van der Waals surface area contributed by atoms with Gasteiger partial charge in [-0.15, -0.1) is 11.8 Å². The number of allylic oxidation sites excluding steroid dienone is 2. The fourth-order valence-electron chi connectivity index (χ4n) is 3.73. The molecule has 0 aromatic heterocycles. The molecular weight excluding hydrogens is 384 g/mol. The van der Waals surface area contributed by atoms with Gasteiger partial charge in [-0.25, -0.2) is 0 Å². The van der Waals surface area contributed by atoms with Gasteiger partial charge in [-0.05, 0) is 56.2 Å². The summed E-state index contributed by atoms with van der Waals surface area (Å²) in [6.45, 7) is 2.00. The van der Waals surface area contributed by atoms with Gasteiger partial charge in [0, 0.05) is 10.6 Å². The number of carbonyl (C=O) groups excluding carboxylic acids is 3. The maximum Gasteiger partial charge on any atom is 0.238 e.